The van der Waals surface area contributed by atoms with Crippen LogP contribution >= 0.6 is 0 Å². The van der Waals surface area contributed by atoms with Crippen molar-refractivity contribution in [2.75, 3.05) is 17.9 Å². The van der Waals surface area contributed by atoms with Crippen molar-refractivity contribution in [3.63, 3.8) is 0 Å². The van der Waals surface area contributed by atoms with Crippen molar-refractivity contribution in [2.45, 2.75) is 45.1 Å². The Morgan fingerprint density at radius 3 is 2.52 bits per heavy atom. The van der Waals surface area contributed by atoms with E-state index in [0.29, 0.717) is 43.5 Å². The highest BCUT2D eigenvalue weighted by atomic mass is 32.2. The number of sulfonamides is 1. The fourth-order valence-corrected chi connectivity index (χ4v) is 4.30. The van der Waals surface area contributed by atoms with Crippen LogP contribution in [0.15, 0.2) is 47.4 Å². The van der Waals surface area contributed by atoms with Crippen LogP contribution in [0.25, 0.3) is 0 Å². The predicted octanol–water partition coefficient (Wildman–Crippen LogP) is 3.82. The lowest BCUT2D eigenvalue weighted by Crippen LogP contribution is -2.35. The zero-order chi connectivity index (χ0) is 21.0. The summed E-state index contributed by atoms with van der Waals surface area (Å²) in [4.78, 5) is 14.0. The van der Waals surface area contributed by atoms with Gasteiger partial charge in [-0.25, -0.2) is 8.42 Å². The summed E-state index contributed by atoms with van der Waals surface area (Å²) in [6, 6.07) is 11.9. The maximum Gasteiger partial charge on any atom is 0.261 e. The largest absolute Gasteiger partial charge is 0.493 e. The van der Waals surface area contributed by atoms with E-state index < -0.39 is 10.0 Å². The van der Waals surface area contributed by atoms with Crippen LogP contribution in [0.1, 0.15) is 38.3 Å². The molecule has 0 aliphatic carbocycles. The molecule has 0 spiro atoms. The van der Waals surface area contributed by atoms with Gasteiger partial charge in [-0.2, -0.15) is 0 Å². The Morgan fingerprint density at radius 2 is 1.86 bits per heavy atom. The highest BCUT2D eigenvalue weighted by Crippen LogP contribution is 2.25. The van der Waals surface area contributed by atoms with Crippen LogP contribution in [0.3, 0.4) is 0 Å². The second kappa shape index (κ2) is 8.86. The molecule has 29 heavy (non-hydrogen) atoms. The minimum absolute atomic E-state index is 0.112. The molecule has 1 N–H and O–H groups in total. The zero-order valence-electron chi connectivity index (χ0n) is 17.1. The molecular formula is C22H28N2O4S. The highest BCUT2D eigenvalue weighted by molar-refractivity contribution is 7.92. The number of carbonyl (C=O) groups is 1. The summed E-state index contributed by atoms with van der Waals surface area (Å²) in [5.41, 5.74) is 2.63. The lowest BCUT2D eigenvalue weighted by Gasteiger charge is -2.29. The fourth-order valence-electron chi connectivity index (χ4n) is 3.25. The second-order valence-electron chi connectivity index (χ2n) is 7.68. The summed E-state index contributed by atoms with van der Waals surface area (Å²) in [5, 5.41) is 0. The molecule has 0 saturated carbocycles. The van der Waals surface area contributed by atoms with E-state index in [4.69, 9.17) is 4.74 Å². The number of ether oxygens (including phenoxy) is 1. The third-order valence-electron chi connectivity index (χ3n) is 4.84. The van der Waals surface area contributed by atoms with Gasteiger partial charge in [0.1, 0.15) is 5.75 Å². The van der Waals surface area contributed by atoms with Crippen LogP contribution in [-0.4, -0.2) is 32.4 Å². The van der Waals surface area contributed by atoms with Crippen LogP contribution in [0, 0.1) is 5.92 Å². The van der Waals surface area contributed by atoms with E-state index in [-0.39, 0.29) is 10.8 Å². The predicted molar refractivity (Wildman–Crippen MR) is 113 cm³/mol. The molecule has 0 fully saturated rings. The standard InChI is InChI=1S/C22H28N2O4S/c1-4-22(25)24-12-11-17-5-6-19(13-18(17)14-24)23-29(26,27)21-9-7-20(8-10-21)28-15-16(2)3/h5-10,13,16,23H,4,11-12,14-15H2,1-3H3. The molecule has 0 unspecified atom stereocenters. The number of hydrogen-bond acceptors (Lipinski definition) is 4. The summed E-state index contributed by atoms with van der Waals surface area (Å²) in [7, 11) is -3.71. The normalized spacial score (nSPS) is 13.9. The maximum absolute atomic E-state index is 12.7. The number of nitrogens with one attached hydrogen (secondary N) is 1. The summed E-state index contributed by atoms with van der Waals surface area (Å²) in [5.74, 6) is 1.15. The number of hydrogen-bond donors (Lipinski definition) is 1. The van der Waals surface area contributed by atoms with Crippen molar-refractivity contribution in [2.24, 2.45) is 5.92 Å². The molecule has 1 aliphatic rings. The number of amides is 1. The maximum atomic E-state index is 12.7. The van der Waals surface area contributed by atoms with Gasteiger partial charge in [-0.15, -0.1) is 0 Å². The molecule has 3 rings (SSSR count). The first-order valence-corrected chi connectivity index (χ1v) is 11.4. The average molecular weight is 417 g/mol. The van der Waals surface area contributed by atoms with Gasteiger partial charge in [-0.3, -0.25) is 9.52 Å². The minimum Gasteiger partial charge on any atom is -0.493 e. The lowest BCUT2D eigenvalue weighted by molar-refractivity contribution is -0.131. The van der Waals surface area contributed by atoms with Gasteiger partial charge in [-0.05, 0) is 59.9 Å². The van der Waals surface area contributed by atoms with E-state index in [1.54, 1.807) is 18.2 Å². The van der Waals surface area contributed by atoms with Gasteiger partial charge in [-0.1, -0.05) is 26.8 Å². The molecule has 0 aromatic heterocycles. The number of anilines is 1. The quantitative estimate of drug-likeness (QED) is 0.745. The van der Waals surface area contributed by atoms with Gasteiger partial charge < -0.3 is 9.64 Å². The Kier molecular flexibility index (Phi) is 6.47. The smallest absolute Gasteiger partial charge is 0.261 e. The van der Waals surface area contributed by atoms with E-state index in [1.807, 2.05) is 24.0 Å². The van der Waals surface area contributed by atoms with Gasteiger partial charge >= 0.3 is 0 Å². The summed E-state index contributed by atoms with van der Waals surface area (Å²) < 4.78 is 33.7. The Bertz CT molecular complexity index is 969. The molecular weight excluding hydrogens is 388 g/mol. The molecule has 2 aromatic rings. The summed E-state index contributed by atoms with van der Waals surface area (Å²) >= 11 is 0. The van der Waals surface area contributed by atoms with Crippen LogP contribution in [0.5, 0.6) is 5.75 Å². The lowest BCUT2D eigenvalue weighted by atomic mass is 9.99. The van der Waals surface area contributed by atoms with Crippen molar-refractivity contribution in [3.05, 3.63) is 53.6 Å². The van der Waals surface area contributed by atoms with Crippen LogP contribution in [0.4, 0.5) is 5.69 Å². The van der Waals surface area contributed by atoms with E-state index in [1.165, 1.54) is 12.1 Å². The highest BCUT2D eigenvalue weighted by Gasteiger charge is 2.21. The van der Waals surface area contributed by atoms with Crippen molar-refractivity contribution in [3.8, 4) is 5.75 Å². The molecule has 0 bridgehead atoms. The van der Waals surface area contributed by atoms with E-state index in [2.05, 4.69) is 18.6 Å². The molecule has 6 nitrogen and oxygen atoms in total. The fraction of sp³-hybridized carbons (Fsp3) is 0.409. The molecule has 1 aliphatic heterocycles. The average Bonchev–Trinajstić information content (AvgIpc) is 2.71. The van der Waals surface area contributed by atoms with Crippen molar-refractivity contribution in [1.82, 2.24) is 4.90 Å². The third-order valence-corrected chi connectivity index (χ3v) is 6.24. The SMILES string of the molecule is CCC(=O)N1CCc2ccc(NS(=O)(=O)c3ccc(OCC(C)C)cc3)cc2C1. The molecule has 156 valence electrons. The molecule has 0 atom stereocenters. The summed E-state index contributed by atoms with van der Waals surface area (Å²) in [6.45, 7) is 7.76. The zero-order valence-corrected chi connectivity index (χ0v) is 18.0. The van der Waals surface area contributed by atoms with Crippen molar-refractivity contribution < 1.29 is 17.9 Å². The van der Waals surface area contributed by atoms with Crippen molar-refractivity contribution in [1.29, 1.82) is 0 Å². The molecule has 0 saturated heterocycles. The van der Waals surface area contributed by atoms with Gasteiger partial charge in [0, 0.05) is 25.2 Å². The molecule has 1 heterocycles. The minimum atomic E-state index is -3.71. The molecule has 2 aromatic carbocycles. The number of fused-ring (bicyclic) bond motifs is 1. The topological polar surface area (TPSA) is 75.7 Å². The summed E-state index contributed by atoms with van der Waals surface area (Å²) in [6.07, 6.45) is 1.25. The molecule has 0 radical (unpaired) electrons. The Morgan fingerprint density at radius 1 is 1.14 bits per heavy atom. The molecule has 7 heteroatoms. The third kappa shape index (κ3) is 5.29. The van der Waals surface area contributed by atoms with Gasteiger partial charge in [0.25, 0.3) is 10.0 Å². The van der Waals surface area contributed by atoms with Crippen LogP contribution in [-0.2, 0) is 27.8 Å². The number of benzene rings is 2. The van der Waals surface area contributed by atoms with Gasteiger partial charge in [0.05, 0.1) is 11.5 Å². The van der Waals surface area contributed by atoms with E-state index >= 15 is 0 Å². The second-order valence-corrected chi connectivity index (χ2v) is 9.37. The van der Waals surface area contributed by atoms with Crippen molar-refractivity contribution >= 4 is 21.6 Å². The Hall–Kier alpha value is -2.54. The van der Waals surface area contributed by atoms with Gasteiger partial charge in [0.15, 0.2) is 0 Å². The first kappa shape index (κ1) is 21.2. The molecule has 1 amide bonds. The van der Waals surface area contributed by atoms with Crippen LogP contribution < -0.4 is 9.46 Å². The van der Waals surface area contributed by atoms with Gasteiger partial charge in [0.2, 0.25) is 5.91 Å². The first-order valence-electron chi connectivity index (χ1n) is 9.93. The monoisotopic (exact) mass is 416 g/mol. The number of carbonyl (C=O) groups excluding carboxylic acids is 1. The van der Waals surface area contributed by atoms with Crippen LogP contribution in [0.2, 0.25) is 0 Å². The van der Waals surface area contributed by atoms with E-state index in [9.17, 15) is 13.2 Å². The van der Waals surface area contributed by atoms with E-state index in [0.717, 1.165) is 17.5 Å². The first-order chi connectivity index (χ1) is 13.8. The number of nitrogens with zero attached hydrogens (tertiary/aromatic N) is 1. The number of rotatable bonds is 7. The Balaban J connectivity index is 1.73. The Labute approximate surface area is 172 Å².